The minimum atomic E-state index is -0.596. The van der Waals surface area contributed by atoms with Crippen molar-refractivity contribution in [2.45, 2.75) is 26.2 Å². The Morgan fingerprint density at radius 1 is 1.52 bits per heavy atom. The molecule has 2 atom stereocenters. The molecule has 3 N–H and O–H groups in total. The Morgan fingerprint density at radius 3 is 2.81 bits per heavy atom. The Morgan fingerprint density at radius 2 is 2.24 bits per heavy atom. The predicted octanol–water partition coefficient (Wildman–Crippen LogP) is 3.00. The van der Waals surface area contributed by atoms with Gasteiger partial charge in [0.2, 0.25) is 0 Å². The molecule has 0 heterocycles. The van der Waals surface area contributed by atoms with E-state index in [1.54, 1.807) is 0 Å². The van der Waals surface area contributed by atoms with E-state index >= 15 is 0 Å². The van der Waals surface area contributed by atoms with Crippen LogP contribution in [-0.2, 0) is 0 Å². The van der Waals surface area contributed by atoms with Crippen LogP contribution in [0, 0.1) is 22.0 Å². The number of anilines is 1. The van der Waals surface area contributed by atoms with E-state index in [1.807, 2.05) is 0 Å². The molecular formula is C14H18ClN3O3. The smallest absolute Gasteiger partial charge is 0.271 e. The van der Waals surface area contributed by atoms with Crippen molar-refractivity contribution >= 4 is 28.9 Å². The zero-order valence-electron chi connectivity index (χ0n) is 11.8. The van der Waals surface area contributed by atoms with Crippen LogP contribution in [0.25, 0.3) is 0 Å². The van der Waals surface area contributed by atoms with Crippen LogP contribution in [0.15, 0.2) is 12.1 Å². The van der Waals surface area contributed by atoms with Crippen molar-refractivity contribution in [2.75, 3.05) is 12.3 Å². The minimum Gasteiger partial charge on any atom is -0.397 e. The van der Waals surface area contributed by atoms with Gasteiger partial charge in [-0.05, 0) is 24.7 Å². The van der Waals surface area contributed by atoms with Crippen molar-refractivity contribution in [3.8, 4) is 0 Å². The summed E-state index contributed by atoms with van der Waals surface area (Å²) in [4.78, 5) is 22.4. The fourth-order valence-electron chi connectivity index (χ4n) is 2.74. The van der Waals surface area contributed by atoms with E-state index in [9.17, 15) is 14.9 Å². The highest BCUT2D eigenvalue weighted by Crippen LogP contribution is 2.31. The third-order valence-electron chi connectivity index (χ3n) is 3.92. The van der Waals surface area contributed by atoms with Gasteiger partial charge in [-0.25, -0.2) is 0 Å². The average Bonchev–Trinajstić information content (AvgIpc) is 2.84. The highest BCUT2D eigenvalue weighted by Gasteiger charge is 2.23. The van der Waals surface area contributed by atoms with E-state index in [1.165, 1.54) is 6.42 Å². The summed E-state index contributed by atoms with van der Waals surface area (Å²) >= 11 is 5.84. The molecule has 1 fully saturated rings. The van der Waals surface area contributed by atoms with Gasteiger partial charge in [-0.1, -0.05) is 24.9 Å². The van der Waals surface area contributed by atoms with Crippen molar-refractivity contribution in [3.63, 3.8) is 0 Å². The van der Waals surface area contributed by atoms with E-state index in [2.05, 4.69) is 12.2 Å². The average molecular weight is 312 g/mol. The van der Waals surface area contributed by atoms with Crippen LogP contribution in [-0.4, -0.2) is 17.4 Å². The second-order valence-electron chi connectivity index (χ2n) is 5.64. The number of halogens is 1. The summed E-state index contributed by atoms with van der Waals surface area (Å²) in [6, 6.07) is 2.31. The molecule has 0 saturated heterocycles. The van der Waals surface area contributed by atoms with Crippen LogP contribution >= 0.6 is 11.6 Å². The summed E-state index contributed by atoms with van der Waals surface area (Å²) in [5, 5.41) is 13.6. The number of amides is 1. The lowest BCUT2D eigenvalue weighted by Gasteiger charge is -2.12. The first-order valence-corrected chi connectivity index (χ1v) is 7.28. The van der Waals surface area contributed by atoms with Crippen molar-refractivity contribution < 1.29 is 9.72 Å². The van der Waals surface area contributed by atoms with Gasteiger partial charge in [-0.15, -0.1) is 0 Å². The second kappa shape index (κ2) is 6.30. The van der Waals surface area contributed by atoms with E-state index in [-0.39, 0.29) is 22.0 Å². The molecule has 7 heteroatoms. The largest absolute Gasteiger partial charge is 0.397 e. The zero-order valence-corrected chi connectivity index (χ0v) is 12.5. The number of nitro benzene ring substituents is 1. The normalized spacial score (nSPS) is 21.2. The molecule has 1 aliphatic carbocycles. The van der Waals surface area contributed by atoms with Gasteiger partial charge < -0.3 is 11.1 Å². The number of hydrogen-bond donors (Lipinski definition) is 2. The minimum absolute atomic E-state index is 0.0174. The Kier molecular flexibility index (Phi) is 4.67. The Labute approximate surface area is 127 Å². The topological polar surface area (TPSA) is 98.3 Å². The predicted molar refractivity (Wildman–Crippen MR) is 81.4 cm³/mol. The molecule has 1 saturated carbocycles. The maximum absolute atomic E-state index is 12.2. The lowest BCUT2D eigenvalue weighted by atomic mass is 10.1. The number of nitrogens with two attached hydrogens (primary N) is 1. The molecule has 0 bridgehead atoms. The fraction of sp³-hybridized carbons (Fsp3) is 0.500. The van der Waals surface area contributed by atoms with Gasteiger partial charge >= 0.3 is 0 Å². The quantitative estimate of drug-likeness (QED) is 0.507. The number of nitro groups is 1. The van der Waals surface area contributed by atoms with Crippen molar-refractivity contribution in [3.05, 3.63) is 32.8 Å². The molecule has 6 nitrogen and oxygen atoms in total. The third kappa shape index (κ3) is 3.64. The summed E-state index contributed by atoms with van der Waals surface area (Å²) in [6.45, 7) is 2.75. The highest BCUT2D eigenvalue weighted by molar-refractivity contribution is 6.34. The number of nitrogen functional groups attached to an aromatic ring is 1. The molecule has 21 heavy (non-hydrogen) atoms. The SMILES string of the molecule is CC1CCC(CNC(=O)c2cc([N+](=O)[O-])cc(Cl)c2N)C1. The molecule has 1 amide bonds. The summed E-state index contributed by atoms with van der Waals surface area (Å²) in [7, 11) is 0. The summed E-state index contributed by atoms with van der Waals surface area (Å²) in [5.41, 5.74) is 5.63. The van der Waals surface area contributed by atoms with Crippen molar-refractivity contribution in [2.24, 2.45) is 11.8 Å². The number of carbonyl (C=O) groups is 1. The van der Waals surface area contributed by atoms with E-state index in [4.69, 9.17) is 17.3 Å². The lowest BCUT2D eigenvalue weighted by Crippen LogP contribution is -2.29. The van der Waals surface area contributed by atoms with Crippen LogP contribution in [0.1, 0.15) is 36.5 Å². The number of carbonyl (C=O) groups excluding carboxylic acids is 1. The first kappa shape index (κ1) is 15.6. The van der Waals surface area contributed by atoms with Gasteiger partial charge in [0.25, 0.3) is 11.6 Å². The van der Waals surface area contributed by atoms with Crippen molar-refractivity contribution in [1.82, 2.24) is 5.32 Å². The van der Waals surface area contributed by atoms with E-state index in [0.717, 1.165) is 25.0 Å². The van der Waals surface area contributed by atoms with Gasteiger partial charge in [0.15, 0.2) is 0 Å². The van der Waals surface area contributed by atoms with Crippen molar-refractivity contribution in [1.29, 1.82) is 0 Å². The molecule has 1 aliphatic rings. The maximum Gasteiger partial charge on any atom is 0.271 e. The highest BCUT2D eigenvalue weighted by atomic mass is 35.5. The third-order valence-corrected chi connectivity index (χ3v) is 4.24. The molecule has 0 aromatic heterocycles. The Hall–Kier alpha value is -1.82. The number of hydrogen-bond acceptors (Lipinski definition) is 4. The summed E-state index contributed by atoms with van der Waals surface area (Å²) in [5.74, 6) is 0.723. The summed E-state index contributed by atoms with van der Waals surface area (Å²) < 4.78 is 0. The second-order valence-corrected chi connectivity index (χ2v) is 6.05. The van der Waals surface area contributed by atoms with E-state index < -0.39 is 10.8 Å². The first-order chi connectivity index (χ1) is 9.88. The van der Waals surface area contributed by atoms with Crippen LogP contribution in [0.5, 0.6) is 0 Å². The molecule has 1 aromatic carbocycles. The molecule has 0 spiro atoms. The van der Waals surface area contributed by atoms with Crippen LogP contribution in [0.3, 0.4) is 0 Å². The van der Waals surface area contributed by atoms with Gasteiger partial charge in [-0.3, -0.25) is 14.9 Å². The number of benzene rings is 1. The summed E-state index contributed by atoms with van der Waals surface area (Å²) in [6.07, 6.45) is 3.35. The molecular weight excluding hydrogens is 294 g/mol. The molecule has 1 aromatic rings. The monoisotopic (exact) mass is 311 g/mol. The molecule has 2 unspecified atom stereocenters. The van der Waals surface area contributed by atoms with Gasteiger partial charge in [0.05, 0.1) is 21.2 Å². The van der Waals surface area contributed by atoms with Crippen LogP contribution in [0.4, 0.5) is 11.4 Å². The standard InChI is InChI=1S/C14H18ClN3O3/c1-8-2-3-9(4-8)7-17-14(19)11-5-10(18(20)21)6-12(15)13(11)16/h5-6,8-9H,2-4,7,16H2,1H3,(H,17,19). The Balaban J connectivity index is 2.09. The fourth-order valence-corrected chi connectivity index (χ4v) is 2.95. The number of nitrogens with one attached hydrogen (secondary N) is 1. The number of rotatable bonds is 4. The van der Waals surface area contributed by atoms with Crippen LogP contribution in [0.2, 0.25) is 5.02 Å². The lowest BCUT2D eigenvalue weighted by molar-refractivity contribution is -0.384. The Bertz CT molecular complexity index is 577. The molecule has 114 valence electrons. The first-order valence-electron chi connectivity index (χ1n) is 6.90. The van der Waals surface area contributed by atoms with Gasteiger partial charge in [0.1, 0.15) is 0 Å². The number of non-ortho nitro benzene ring substituents is 1. The van der Waals surface area contributed by atoms with Gasteiger partial charge in [0, 0.05) is 18.7 Å². The maximum atomic E-state index is 12.2. The van der Waals surface area contributed by atoms with E-state index in [0.29, 0.717) is 18.4 Å². The van der Waals surface area contributed by atoms with Crippen LogP contribution < -0.4 is 11.1 Å². The molecule has 0 radical (unpaired) electrons. The number of nitrogens with zero attached hydrogens (tertiary/aromatic N) is 1. The zero-order chi connectivity index (χ0) is 15.6. The van der Waals surface area contributed by atoms with Gasteiger partial charge in [-0.2, -0.15) is 0 Å². The molecule has 0 aliphatic heterocycles. The molecule has 2 rings (SSSR count).